The Bertz CT molecular complexity index is 719. The zero-order valence-corrected chi connectivity index (χ0v) is 15.6. The Labute approximate surface area is 148 Å². The molecule has 0 aliphatic heterocycles. The third kappa shape index (κ3) is 7.00. The fourth-order valence-corrected chi connectivity index (χ4v) is 2.88. The van der Waals surface area contributed by atoms with E-state index in [1.807, 2.05) is 6.92 Å². The summed E-state index contributed by atoms with van der Waals surface area (Å²) in [5, 5.41) is 5.15. The summed E-state index contributed by atoms with van der Waals surface area (Å²) < 4.78 is 25.8. The van der Waals surface area contributed by atoms with Gasteiger partial charge < -0.3 is 16.4 Å². The summed E-state index contributed by atoms with van der Waals surface area (Å²) in [4.78, 5) is 23.4. The van der Waals surface area contributed by atoms with Gasteiger partial charge in [-0.25, -0.2) is 13.2 Å². The molecule has 1 unspecified atom stereocenters. The van der Waals surface area contributed by atoms with Gasteiger partial charge in [-0.2, -0.15) is 0 Å². The molecule has 0 heterocycles. The van der Waals surface area contributed by atoms with Crippen LogP contribution < -0.4 is 21.1 Å². The van der Waals surface area contributed by atoms with Gasteiger partial charge in [-0.1, -0.05) is 19.8 Å². The lowest BCUT2D eigenvalue weighted by Gasteiger charge is -2.18. The highest BCUT2D eigenvalue weighted by Gasteiger charge is 2.19. The summed E-state index contributed by atoms with van der Waals surface area (Å²) in [6.07, 6.45) is 2.14. The molecule has 1 rings (SSSR count). The molecule has 0 aromatic heterocycles. The van der Waals surface area contributed by atoms with Crippen molar-refractivity contribution in [2.45, 2.75) is 46.1 Å². The zero-order chi connectivity index (χ0) is 19.0. The molecule has 5 N–H and O–H groups in total. The number of anilines is 2. The number of nitrogens with two attached hydrogens (primary N) is 1. The molecule has 25 heavy (non-hydrogen) atoms. The van der Waals surface area contributed by atoms with Crippen LogP contribution in [0.4, 0.5) is 16.2 Å². The van der Waals surface area contributed by atoms with Crippen molar-refractivity contribution in [2.75, 3.05) is 15.8 Å². The van der Waals surface area contributed by atoms with Gasteiger partial charge in [0.05, 0.1) is 11.4 Å². The van der Waals surface area contributed by atoms with Crippen LogP contribution in [0.5, 0.6) is 0 Å². The Morgan fingerprint density at radius 3 is 2.44 bits per heavy atom. The molecule has 0 aliphatic carbocycles. The first-order valence-electron chi connectivity index (χ1n) is 8.16. The summed E-state index contributed by atoms with van der Waals surface area (Å²) in [5.74, 6) is -0.392. The molecule has 1 aromatic carbocycles. The maximum Gasteiger partial charge on any atom is 0.312 e. The average Bonchev–Trinajstić information content (AvgIpc) is 2.53. The third-order valence-electron chi connectivity index (χ3n) is 3.62. The Hall–Kier alpha value is -2.29. The molecular weight excluding hydrogens is 344 g/mol. The number of amides is 3. The second kappa shape index (κ2) is 9.26. The third-order valence-corrected chi connectivity index (χ3v) is 4.91. The van der Waals surface area contributed by atoms with Crippen molar-refractivity contribution in [2.24, 2.45) is 5.73 Å². The molecule has 140 valence electrons. The van der Waals surface area contributed by atoms with Crippen LogP contribution in [0.2, 0.25) is 0 Å². The van der Waals surface area contributed by atoms with Crippen molar-refractivity contribution in [3.8, 4) is 0 Å². The minimum absolute atomic E-state index is 0.0250. The minimum atomic E-state index is -3.37. The van der Waals surface area contributed by atoms with Crippen molar-refractivity contribution in [1.29, 1.82) is 0 Å². The molecule has 0 aliphatic rings. The Balaban J connectivity index is 2.85. The monoisotopic (exact) mass is 370 g/mol. The van der Waals surface area contributed by atoms with E-state index in [0.717, 1.165) is 12.8 Å². The molecule has 8 nitrogen and oxygen atoms in total. The first-order chi connectivity index (χ1) is 11.7. The minimum Gasteiger partial charge on any atom is -0.352 e. The fraction of sp³-hybridized carbons (Fsp3) is 0.500. The number of carbonyl (C=O) groups excluding carboxylic acids is 2. The van der Waals surface area contributed by atoms with Crippen LogP contribution in [0.1, 0.15) is 38.7 Å². The molecule has 0 spiro atoms. The highest BCUT2D eigenvalue weighted by atomic mass is 32.2. The number of unbranched alkanes of at least 4 members (excludes halogenated alkanes) is 1. The number of urea groups is 1. The summed E-state index contributed by atoms with van der Waals surface area (Å²) in [6.45, 7) is 5.27. The van der Waals surface area contributed by atoms with Gasteiger partial charge >= 0.3 is 6.03 Å². The first-order valence-corrected chi connectivity index (χ1v) is 9.81. The molecule has 9 heteroatoms. The summed E-state index contributed by atoms with van der Waals surface area (Å²) >= 11 is 0. The topological polar surface area (TPSA) is 130 Å². The normalized spacial score (nSPS) is 12.3. The number of rotatable bonds is 9. The summed E-state index contributed by atoms with van der Waals surface area (Å²) in [5.41, 5.74) is 6.75. The van der Waals surface area contributed by atoms with Crippen LogP contribution in [-0.4, -0.2) is 32.2 Å². The van der Waals surface area contributed by atoms with Crippen LogP contribution in [-0.2, 0) is 14.8 Å². The van der Waals surface area contributed by atoms with Gasteiger partial charge in [0.15, 0.2) is 0 Å². The highest BCUT2D eigenvalue weighted by molar-refractivity contribution is 7.92. The van der Waals surface area contributed by atoms with E-state index in [1.165, 1.54) is 0 Å². The molecule has 1 atom stereocenters. The van der Waals surface area contributed by atoms with E-state index in [4.69, 9.17) is 5.73 Å². The van der Waals surface area contributed by atoms with Gasteiger partial charge in [0.25, 0.3) is 0 Å². The number of hydrogen-bond donors (Lipinski definition) is 4. The molecule has 3 amide bonds. The van der Waals surface area contributed by atoms with Gasteiger partial charge in [-0.15, -0.1) is 0 Å². The largest absolute Gasteiger partial charge is 0.352 e. The van der Waals surface area contributed by atoms with Crippen molar-refractivity contribution in [3.05, 3.63) is 23.8 Å². The standard InChI is InChI=1S/C16H26N4O4S/c1-4-6-7-14(19-16(17)22)15(21)18-12-8-9-13(11(3)10-12)20-25(23,24)5-2/h8-10,14,20H,4-7H2,1-3H3,(H,18,21)(H3,17,19,22). The number of benzene rings is 1. The lowest BCUT2D eigenvalue weighted by molar-refractivity contribution is -0.118. The van der Waals surface area contributed by atoms with Gasteiger partial charge in [0.1, 0.15) is 6.04 Å². The SMILES string of the molecule is CCCCC(NC(N)=O)C(=O)Nc1ccc(NS(=O)(=O)CC)c(C)c1. The smallest absolute Gasteiger partial charge is 0.312 e. The molecule has 0 saturated heterocycles. The van der Waals surface area contributed by atoms with Crippen molar-refractivity contribution in [3.63, 3.8) is 0 Å². The molecule has 0 saturated carbocycles. The van der Waals surface area contributed by atoms with Gasteiger partial charge in [-0.3, -0.25) is 9.52 Å². The number of carbonyl (C=O) groups is 2. The maximum absolute atomic E-state index is 12.3. The van der Waals surface area contributed by atoms with E-state index in [1.54, 1.807) is 32.0 Å². The molecule has 0 bridgehead atoms. The Kier molecular flexibility index (Phi) is 7.69. The molecule has 0 radical (unpaired) electrons. The predicted molar refractivity (Wildman–Crippen MR) is 98.9 cm³/mol. The fourth-order valence-electron chi connectivity index (χ4n) is 2.17. The lowest BCUT2D eigenvalue weighted by atomic mass is 10.1. The van der Waals surface area contributed by atoms with E-state index in [0.29, 0.717) is 23.4 Å². The maximum atomic E-state index is 12.3. The van der Waals surface area contributed by atoms with Crippen molar-refractivity contribution < 1.29 is 18.0 Å². The molecule has 0 fully saturated rings. The van der Waals surface area contributed by atoms with E-state index in [9.17, 15) is 18.0 Å². The van der Waals surface area contributed by atoms with E-state index >= 15 is 0 Å². The Morgan fingerprint density at radius 2 is 1.92 bits per heavy atom. The highest BCUT2D eigenvalue weighted by Crippen LogP contribution is 2.21. The van der Waals surface area contributed by atoms with Gasteiger partial charge in [0.2, 0.25) is 15.9 Å². The van der Waals surface area contributed by atoms with Crippen LogP contribution >= 0.6 is 0 Å². The second-order valence-corrected chi connectivity index (χ2v) is 7.74. The molecular formula is C16H26N4O4S. The van der Waals surface area contributed by atoms with Crippen molar-refractivity contribution in [1.82, 2.24) is 5.32 Å². The van der Waals surface area contributed by atoms with Crippen LogP contribution in [0, 0.1) is 6.92 Å². The van der Waals surface area contributed by atoms with Crippen LogP contribution in [0.15, 0.2) is 18.2 Å². The van der Waals surface area contributed by atoms with Gasteiger partial charge in [-0.05, 0) is 44.0 Å². The zero-order valence-electron chi connectivity index (χ0n) is 14.8. The number of aryl methyl sites for hydroxylation is 1. The van der Waals surface area contributed by atoms with E-state index in [-0.39, 0.29) is 11.7 Å². The lowest BCUT2D eigenvalue weighted by Crippen LogP contribution is -2.46. The number of hydrogen-bond acceptors (Lipinski definition) is 4. The molecule has 1 aromatic rings. The predicted octanol–water partition coefficient (Wildman–Crippen LogP) is 1.92. The quantitative estimate of drug-likeness (QED) is 0.529. The van der Waals surface area contributed by atoms with Crippen molar-refractivity contribution >= 4 is 33.3 Å². The van der Waals surface area contributed by atoms with E-state index < -0.39 is 22.1 Å². The van der Waals surface area contributed by atoms with Crippen LogP contribution in [0.25, 0.3) is 0 Å². The first kappa shape index (κ1) is 20.8. The second-order valence-electron chi connectivity index (χ2n) is 5.73. The van der Waals surface area contributed by atoms with Gasteiger partial charge in [0, 0.05) is 5.69 Å². The number of nitrogens with one attached hydrogen (secondary N) is 3. The number of sulfonamides is 1. The van der Waals surface area contributed by atoms with Crippen LogP contribution in [0.3, 0.4) is 0 Å². The number of primary amides is 1. The van der Waals surface area contributed by atoms with E-state index in [2.05, 4.69) is 15.4 Å². The summed E-state index contributed by atoms with van der Waals surface area (Å²) in [7, 11) is -3.37. The average molecular weight is 370 g/mol. The Morgan fingerprint density at radius 1 is 1.24 bits per heavy atom. The summed E-state index contributed by atoms with van der Waals surface area (Å²) in [6, 6.07) is 3.38.